The lowest BCUT2D eigenvalue weighted by molar-refractivity contribution is -0.142. The zero-order chi connectivity index (χ0) is 23.8. The molecule has 0 aromatic heterocycles. The monoisotopic (exact) mass is 483 g/mol. The summed E-state index contributed by atoms with van der Waals surface area (Å²) in [6, 6.07) is 18.0. The number of aryl methyl sites for hydroxylation is 1. The Kier molecular flexibility index (Phi) is 8.52. The number of anilines is 1. The van der Waals surface area contributed by atoms with Crippen LogP contribution in [0.3, 0.4) is 0 Å². The van der Waals surface area contributed by atoms with Crippen LogP contribution in [0.5, 0.6) is 5.75 Å². The van der Waals surface area contributed by atoms with E-state index >= 15 is 0 Å². The molecule has 0 spiro atoms. The molecule has 7 heteroatoms. The fraction of sp³-hybridized carbons (Fsp3) is 0.154. The SMILES string of the molecule is Cc1cccc(NC(=O)COC(=O)C=Cc2ccc(OCc3c(Cl)cccc3Cl)cc2)c1C. The molecule has 0 aliphatic carbocycles. The van der Waals surface area contributed by atoms with Crippen molar-refractivity contribution in [2.24, 2.45) is 0 Å². The molecule has 0 bridgehead atoms. The van der Waals surface area contributed by atoms with E-state index in [1.165, 1.54) is 6.08 Å². The zero-order valence-electron chi connectivity index (χ0n) is 18.2. The molecule has 3 rings (SSSR count). The van der Waals surface area contributed by atoms with Gasteiger partial charge in [-0.25, -0.2) is 4.79 Å². The smallest absolute Gasteiger partial charge is 0.331 e. The molecule has 3 aromatic carbocycles. The second-order valence-corrected chi connectivity index (χ2v) is 8.11. The molecular weight excluding hydrogens is 461 g/mol. The van der Waals surface area contributed by atoms with Gasteiger partial charge in [0.25, 0.3) is 5.91 Å². The first-order chi connectivity index (χ1) is 15.8. The topological polar surface area (TPSA) is 64.6 Å². The largest absolute Gasteiger partial charge is 0.489 e. The molecule has 0 aliphatic rings. The van der Waals surface area contributed by atoms with Crippen molar-refractivity contribution in [3.8, 4) is 5.75 Å². The lowest BCUT2D eigenvalue weighted by Crippen LogP contribution is -2.20. The molecule has 0 heterocycles. The van der Waals surface area contributed by atoms with Gasteiger partial charge in [-0.15, -0.1) is 0 Å². The number of esters is 1. The first-order valence-electron chi connectivity index (χ1n) is 10.2. The molecule has 1 N–H and O–H groups in total. The van der Waals surface area contributed by atoms with Gasteiger partial charge < -0.3 is 14.8 Å². The van der Waals surface area contributed by atoms with E-state index in [0.717, 1.165) is 16.7 Å². The number of carbonyl (C=O) groups excluding carboxylic acids is 2. The highest BCUT2D eigenvalue weighted by atomic mass is 35.5. The average Bonchev–Trinajstić information content (AvgIpc) is 2.80. The van der Waals surface area contributed by atoms with Crippen molar-refractivity contribution in [1.82, 2.24) is 0 Å². The minimum absolute atomic E-state index is 0.240. The lowest BCUT2D eigenvalue weighted by Gasteiger charge is -2.10. The maximum Gasteiger partial charge on any atom is 0.331 e. The molecule has 1 amide bonds. The summed E-state index contributed by atoms with van der Waals surface area (Å²) in [5.74, 6) is -0.376. The highest BCUT2D eigenvalue weighted by molar-refractivity contribution is 6.35. The predicted molar refractivity (Wildman–Crippen MR) is 132 cm³/mol. The van der Waals surface area contributed by atoms with E-state index in [1.807, 2.05) is 26.0 Å². The maximum absolute atomic E-state index is 12.1. The van der Waals surface area contributed by atoms with Crippen molar-refractivity contribution >= 4 is 46.8 Å². The fourth-order valence-electron chi connectivity index (χ4n) is 2.92. The minimum atomic E-state index is -0.611. The molecule has 0 unspecified atom stereocenters. The number of halogens is 2. The summed E-state index contributed by atoms with van der Waals surface area (Å²) in [7, 11) is 0. The quantitative estimate of drug-likeness (QED) is 0.298. The Morgan fingerprint density at radius 2 is 1.61 bits per heavy atom. The highest BCUT2D eigenvalue weighted by Gasteiger charge is 2.09. The van der Waals surface area contributed by atoms with Crippen molar-refractivity contribution in [1.29, 1.82) is 0 Å². The van der Waals surface area contributed by atoms with E-state index in [4.69, 9.17) is 32.7 Å². The molecule has 0 aliphatic heterocycles. The Morgan fingerprint density at radius 1 is 0.939 bits per heavy atom. The van der Waals surface area contributed by atoms with Crippen molar-refractivity contribution in [3.05, 3.63) is 99.0 Å². The second-order valence-electron chi connectivity index (χ2n) is 7.29. The van der Waals surface area contributed by atoms with Crippen LogP contribution in [0.4, 0.5) is 5.69 Å². The van der Waals surface area contributed by atoms with Gasteiger partial charge in [0, 0.05) is 27.4 Å². The molecular formula is C26H23Cl2NO4. The van der Waals surface area contributed by atoms with Crippen LogP contribution in [0, 0.1) is 13.8 Å². The predicted octanol–water partition coefficient (Wildman–Crippen LogP) is 6.38. The molecule has 0 fully saturated rings. The molecule has 3 aromatic rings. The molecule has 170 valence electrons. The minimum Gasteiger partial charge on any atom is -0.489 e. The standard InChI is InChI=1S/C26H23Cl2NO4/c1-17-5-3-8-24(18(17)2)29-25(30)16-33-26(31)14-11-19-9-12-20(13-10-19)32-15-21-22(27)6-4-7-23(21)28/h3-14H,15-16H2,1-2H3,(H,29,30). The third-order valence-electron chi connectivity index (χ3n) is 4.96. The van der Waals surface area contributed by atoms with Crippen LogP contribution in [0.2, 0.25) is 10.0 Å². The van der Waals surface area contributed by atoms with Gasteiger partial charge in [-0.05, 0) is 66.9 Å². The van der Waals surface area contributed by atoms with E-state index in [-0.39, 0.29) is 13.2 Å². The molecule has 33 heavy (non-hydrogen) atoms. The molecule has 0 radical (unpaired) electrons. The van der Waals surface area contributed by atoms with Gasteiger partial charge in [0.1, 0.15) is 12.4 Å². The van der Waals surface area contributed by atoms with Gasteiger partial charge in [0.2, 0.25) is 0 Å². The normalized spacial score (nSPS) is 10.8. The Hall–Kier alpha value is -3.28. The van der Waals surface area contributed by atoms with Crippen molar-refractivity contribution < 1.29 is 19.1 Å². The van der Waals surface area contributed by atoms with E-state index in [1.54, 1.807) is 54.6 Å². The van der Waals surface area contributed by atoms with Crippen LogP contribution < -0.4 is 10.1 Å². The molecule has 0 atom stereocenters. The number of hydrogen-bond acceptors (Lipinski definition) is 4. The Bertz CT molecular complexity index is 1150. The lowest BCUT2D eigenvalue weighted by atomic mass is 10.1. The summed E-state index contributed by atoms with van der Waals surface area (Å²) < 4.78 is 10.7. The third kappa shape index (κ3) is 7.11. The Morgan fingerprint density at radius 3 is 2.30 bits per heavy atom. The number of nitrogens with one attached hydrogen (secondary N) is 1. The second kappa shape index (κ2) is 11.5. The summed E-state index contributed by atoms with van der Waals surface area (Å²) in [6.45, 7) is 3.75. The van der Waals surface area contributed by atoms with Crippen LogP contribution in [-0.2, 0) is 20.9 Å². The van der Waals surface area contributed by atoms with Crippen molar-refractivity contribution in [3.63, 3.8) is 0 Å². The van der Waals surface area contributed by atoms with Gasteiger partial charge in [0.15, 0.2) is 6.61 Å². The van der Waals surface area contributed by atoms with E-state index in [0.29, 0.717) is 27.0 Å². The van der Waals surface area contributed by atoms with Crippen molar-refractivity contribution in [2.45, 2.75) is 20.5 Å². The summed E-state index contributed by atoms with van der Waals surface area (Å²) in [6.07, 6.45) is 2.87. The summed E-state index contributed by atoms with van der Waals surface area (Å²) in [5.41, 5.74) is 4.23. The van der Waals surface area contributed by atoms with E-state index in [9.17, 15) is 9.59 Å². The van der Waals surface area contributed by atoms with Crippen LogP contribution >= 0.6 is 23.2 Å². The van der Waals surface area contributed by atoms with Crippen LogP contribution in [-0.4, -0.2) is 18.5 Å². The van der Waals surface area contributed by atoms with Gasteiger partial charge >= 0.3 is 5.97 Å². The third-order valence-corrected chi connectivity index (χ3v) is 5.67. The number of ether oxygens (including phenoxy) is 2. The van der Waals surface area contributed by atoms with Gasteiger partial charge in [-0.2, -0.15) is 0 Å². The van der Waals surface area contributed by atoms with Gasteiger partial charge in [-0.1, -0.05) is 53.5 Å². The number of rotatable bonds is 8. The molecule has 0 saturated heterocycles. The first kappa shape index (κ1) is 24.4. The Labute approximate surface area is 202 Å². The van der Waals surface area contributed by atoms with Crippen LogP contribution in [0.15, 0.2) is 66.7 Å². The first-order valence-corrected chi connectivity index (χ1v) is 11.0. The van der Waals surface area contributed by atoms with Crippen molar-refractivity contribution in [2.75, 3.05) is 11.9 Å². The maximum atomic E-state index is 12.1. The fourth-order valence-corrected chi connectivity index (χ4v) is 3.43. The Balaban J connectivity index is 1.46. The van der Waals surface area contributed by atoms with Gasteiger partial charge in [0.05, 0.1) is 0 Å². The van der Waals surface area contributed by atoms with Crippen LogP contribution in [0.1, 0.15) is 22.3 Å². The van der Waals surface area contributed by atoms with E-state index in [2.05, 4.69) is 5.32 Å². The molecule has 0 saturated carbocycles. The van der Waals surface area contributed by atoms with Crippen LogP contribution in [0.25, 0.3) is 6.08 Å². The number of amides is 1. The summed E-state index contributed by atoms with van der Waals surface area (Å²) >= 11 is 12.3. The molecule has 5 nitrogen and oxygen atoms in total. The summed E-state index contributed by atoms with van der Waals surface area (Å²) in [5, 5.41) is 3.84. The van der Waals surface area contributed by atoms with Gasteiger partial charge in [-0.3, -0.25) is 4.79 Å². The zero-order valence-corrected chi connectivity index (χ0v) is 19.7. The average molecular weight is 484 g/mol. The highest BCUT2D eigenvalue weighted by Crippen LogP contribution is 2.26. The summed E-state index contributed by atoms with van der Waals surface area (Å²) in [4.78, 5) is 24.0. The number of hydrogen-bond donors (Lipinski definition) is 1. The van der Waals surface area contributed by atoms with E-state index < -0.39 is 11.9 Å². The number of carbonyl (C=O) groups is 2. The number of benzene rings is 3.